The zero-order chi connectivity index (χ0) is 12.3. The Morgan fingerprint density at radius 2 is 1.76 bits per heavy atom. The van der Waals surface area contributed by atoms with Crippen molar-refractivity contribution in [2.45, 2.75) is 0 Å². The number of nitrogens with zero attached hydrogens (tertiary/aromatic N) is 2. The number of hydrogen-bond acceptors (Lipinski definition) is 3. The molecule has 0 aromatic heterocycles. The topological polar surface area (TPSA) is 53.0 Å². The third kappa shape index (κ3) is 2.37. The monoisotopic (exact) mass is 223 g/mol. The third-order valence-electron chi connectivity index (χ3n) is 2.64. The van der Waals surface area contributed by atoms with E-state index in [1.807, 2.05) is 54.4 Å². The van der Waals surface area contributed by atoms with Gasteiger partial charge in [-0.1, -0.05) is 6.07 Å². The van der Waals surface area contributed by atoms with E-state index >= 15 is 0 Å². The lowest BCUT2D eigenvalue weighted by Gasteiger charge is -2.19. The molecule has 17 heavy (non-hydrogen) atoms. The number of nitrogens with two attached hydrogens (primary N) is 1. The van der Waals surface area contributed by atoms with E-state index < -0.39 is 0 Å². The van der Waals surface area contributed by atoms with Crippen LogP contribution in [0, 0.1) is 11.3 Å². The molecule has 2 rings (SSSR count). The van der Waals surface area contributed by atoms with Gasteiger partial charge in [-0.2, -0.15) is 5.26 Å². The molecule has 0 amide bonds. The molecule has 0 heterocycles. The van der Waals surface area contributed by atoms with Crippen molar-refractivity contribution < 1.29 is 0 Å². The SMILES string of the molecule is CN(c1ccc(N)cc1)c1cccc(C#N)c1. The van der Waals surface area contributed by atoms with Crippen molar-refractivity contribution in [3.8, 4) is 6.07 Å². The quantitative estimate of drug-likeness (QED) is 0.796. The molecule has 2 aromatic carbocycles. The number of rotatable bonds is 2. The lowest BCUT2D eigenvalue weighted by molar-refractivity contribution is 1.21. The van der Waals surface area contributed by atoms with Gasteiger partial charge in [0, 0.05) is 24.1 Å². The molecule has 0 saturated heterocycles. The fourth-order valence-corrected chi connectivity index (χ4v) is 1.63. The van der Waals surface area contributed by atoms with Gasteiger partial charge in [0.2, 0.25) is 0 Å². The highest BCUT2D eigenvalue weighted by atomic mass is 15.1. The molecule has 0 bridgehead atoms. The standard InChI is InChI=1S/C14H13N3/c1-17(13-7-5-12(16)6-8-13)14-4-2-3-11(9-14)10-15/h2-9H,16H2,1H3. The van der Waals surface area contributed by atoms with Crippen molar-refractivity contribution in [2.75, 3.05) is 17.7 Å². The smallest absolute Gasteiger partial charge is 0.0992 e. The van der Waals surface area contributed by atoms with Crippen LogP contribution in [-0.4, -0.2) is 7.05 Å². The van der Waals surface area contributed by atoms with Crippen molar-refractivity contribution in [1.82, 2.24) is 0 Å². The van der Waals surface area contributed by atoms with Gasteiger partial charge in [-0.05, 0) is 42.5 Å². The van der Waals surface area contributed by atoms with Crippen LogP contribution in [0.5, 0.6) is 0 Å². The number of benzene rings is 2. The molecular formula is C14H13N3. The molecule has 0 atom stereocenters. The number of hydrogen-bond donors (Lipinski definition) is 1. The fraction of sp³-hybridized carbons (Fsp3) is 0.0714. The second-order valence-electron chi connectivity index (χ2n) is 3.81. The van der Waals surface area contributed by atoms with Gasteiger partial charge in [0.15, 0.2) is 0 Å². The summed E-state index contributed by atoms with van der Waals surface area (Å²) in [6.07, 6.45) is 0. The predicted octanol–water partition coefficient (Wildman–Crippen LogP) is 2.91. The van der Waals surface area contributed by atoms with E-state index in [2.05, 4.69) is 6.07 Å². The molecule has 0 aliphatic rings. The zero-order valence-electron chi connectivity index (χ0n) is 9.59. The molecule has 0 radical (unpaired) electrons. The first-order valence-electron chi connectivity index (χ1n) is 5.30. The molecule has 0 spiro atoms. The van der Waals surface area contributed by atoms with E-state index in [0.717, 1.165) is 17.1 Å². The second kappa shape index (κ2) is 4.58. The number of anilines is 3. The van der Waals surface area contributed by atoms with Gasteiger partial charge in [0.1, 0.15) is 0 Å². The Morgan fingerprint density at radius 3 is 2.41 bits per heavy atom. The first-order valence-corrected chi connectivity index (χ1v) is 5.30. The summed E-state index contributed by atoms with van der Waals surface area (Å²) in [7, 11) is 1.96. The first kappa shape index (κ1) is 11.0. The average Bonchev–Trinajstić information content (AvgIpc) is 2.39. The highest BCUT2D eigenvalue weighted by Crippen LogP contribution is 2.24. The molecule has 3 heteroatoms. The summed E-state index contributed by atoms with van der Waals surface area (Å²) in [6.45, 7) is 0. The predicted molar refractivity (Wildman–Crippen MR) is 70.1 cm³/mol. The molecule has 3 nitrogen and oxygen atoms in total. The van der Waals surface area contributed by atoms with Gasteiger partial charge in [0.05, 0.1) is 11.6 Å². The summed E-state index contributed by atoms with van der Waals surface area (Å²) in [5.41, 5.74) is 9.07. The summed E-state index contributed by atoms with van der Waals surface area (Å²) in [6, 6.07) is 17.3. The van der Waals surface area contributed by atoms with Gasteiger partial charge in [-0.25, -0.2) is 0 Å². The van der Waals surface area contributed by atoms with Crippen LogP contribution in [0.1, 0.15) is 5.56 Å². The highest BCUT2D eigenvalue weighted by Gasteiger charge is 2.04. The van der Waals surface area contributed by atoms with Crippen LogP contribution in [-0.2, 0) is 0 Å². The first-order chi connectivity index (χ1) is 8.20. The van der Waals surface area contributed by atoms with Crippen LogP contribution in [0.25, 0.3) is 0 Å². The van der Waals surface area contributed by atoms with E-state index in [0.29, 0.717) is 5.56 Å². The lowest BCUT2D eigenvalue weighted by atomic mass is 10.2. The van der Waals surface area contributed by atoms with Crippen LogP contribution in [0.2, 0.25) is 0 Å². The van der Waals surface area contributed by atoms with Gasteiger partial charge in [0.25, 0.3) is 0 Å². The molecule has 0 fully saturated rings. The Bertz CT molecular complexity index is 552. The minimum atomic E-state index is 0.657. The summed E-state index contributed by atoms with van der Waals surface area (Å²) < 4.78 is 0. The maximum atomic E-state index is 8.87. The summed E-state index contributed by atoms with van der Waals surface area (Å²) >= 11 is 0. The Balaban J connectivity index is 2.33. The summed E-state index contributed by atoms with van der Waals surface area (Å²) in [4.78, 5) is 2.01. The molecule has 84 valence electrons. The van der Waals surface area contributed by atoms with Crippen LogP contribution in [0.4, 0.5) is 17.1 Å². The van der Waals surface area contributed by atoms with E-state index in [1.165, 1.54) is 0 Å². The molecule has 0 aliphatic heterocycles. The highest BCUT2D eigenvalue weighted by molar-refractivity contribution is 5.65. The second-order valence-corrected chi connectivity index (χ2v) is 3.81. The minimum Gasteiger partial charge on any atom is -0.399 e. The molecule has 2 N–H and O–H groups in total. The Labute approximate surface area is 101 Å². The van der Waals surface area contributed by atoms with Crippen molar-refractivity contribution in [3.63, 3.8) is 0 Å². The van der Waals surface area contributed by atoms with E-state index in [-0.39, 0.29) is 0 Å². The Kier molecular flexibility index (Phi) is 2.97. The van der Waals surface area contributed by atoms with Gasteiger partial charge in [-0.15, -0.1) is 0 Å². The molecule has 2 aromatic rings. The summed E-state index contributed by atoms with van der Waals surface area (Å²) in [5, 5.41) is 8.87. The maximum Gasteiger partial charge on any atom is 0.0992 e. The lowest BCUT2D eigenvalue weighted by Crippen LogP contribution is -2.09. The largest absolute Gasteiger partial charge is 0.399 e. The van der Waals surface area contributed by atoms with Gasteiger partial charge >= 0.3 is 0 Å². The van der Waals surface area contributed by atoms with Crippen LogP contribution < -0.4 is 10.6 Å². The summed E-state index contributed by atoms with van der Waals surface area (Å²) in [5.74, 6) is 0. The third-order valence-corrected chi connectivity index (χ3v) is 2.64. The van der Waals surface area contributed by atoms with Crippen molar-refractivity contribution in [3.05, 3.63) is 54.1 Å². The number of nitriles is 1. The molecular weight excluding hydrogens is 210 g/mol. The van der Waals surface area contributed by atoms with Gasteiger partial charge < -0.3 is 10.6 Å². The average molecular weight is 223 g/mol. The van der Waals surface area contributed by atoms with Crippen molar-refractivity contribution >= 4 is 17.1 Å². The van der Waals surface area contributed by atoms with Crippen LogP contribution >= 0.6 is 0 Å². The molecule has 0 saturated carbocycles. The van der Waals surface area contributed by atoms with Crippen LogP contribution in [0.15, 0.2) is 48.5 Å². The number of nitrogen functional groups attached to an aromatic ring is 1. The van der Waals surface area contributed by atoms with E-state index in [4.69, 9.17) is 11.0 Å². The van der Waals surface area contributed by atoms with Crippen LogP contribution in [0.3, 0.4) is 0 Å². The Morgan fingerprint density at radius 1 is 1.06 bits per heavy atom. The van der Waals surface area contributed by atoms with Crippen molar-refractivity contribution in [1.29, 1.82) is 5.26 Å². The zero-order valence-corrected chi connectivity index (χ0v) is 9.59. The molecule has 0 unspecified atom stereocenters. The minimum absolute atomic E-state index is 0.657. The van der Waals surface area contributed by atoms with Crippen molar-refractivity contribution in [2.24, 2.45) is 0 Å². The normalized spacial score (nSPS) is 9.65. The maximum absolute atomic E-state index is 8.87. The van der Waals surface area contributed by atoms with E-state index in [9.17, 15) is 0 Å². The fourth-order valence-electron chi connectivity index (χ4n) is 1.63. The van der Waals surface area contributed by atoms with Gasteiger partial charge in [-0.3, -0.25) is 0 Å². The molecule has 0 aliphatic carbocycles. The Hall–Kier alpha value is -2.47. The van der Waals surface area contributed by atoms with E-state index in [1.54, 1.807) is 6.07 Å².